The number of benzene rings is 1. The Morgan fingerprint density at radius 1 is 1.35 bits per heavy atom. The third-order valence-corrected chi connectivity index (χ3v) is 6.68. The van der Waals surface area contributed by atoms with Crippen LogP contribution in [0, 0.1) is 11.8 Å². The van der Waals surface area contributed by atoms with Gasteiger partial charge in [0, 0.05) is 32.1 Å². The maximum atomic E-state index is 12.9. The second kappa shape index (κ2) is 6.59. The van der Waals surface area contributed by atoms with Crippen molar-refractivity contribution in [3.8, 4) is 5.75 Å². The van der Waals surface area contributed by atoms with Gasteiger partial charge in [-0.25, -0.2) is 0 Å². The van der Waals surface area contributed by atoms with Gasteiger partial charge in [0.05, 0.1) is 7.11 Å². The van der Waals surface area contributed by atoms with Gasteiger partial charge in [-0.1, -0.05) is 10.3 Å². The number of amides is 1. The Morgan fingerprint density at radius 3 is 2.96 bits per heavy atom. The molecule has 23 heavy (non-hydrogen) atoms. The topological polar surface area (TPSA) is 81.7 Å². The molecule has 2 aliphatic rings. The Bertz CT molecular complexity index is 636. The molecule has 0 aromatic heterocycles. The molecule has 3 rings (SSSR count). The van der Waals surface area contributed by atoms with Gasteiger partial charge in [0.25, 0.3) is 0 Å². The molecule has 2 saturated heterocycles. The standard InChI is InChI=1S/C16H22N2O4S/c1-22-14-3-2-4-15(10-14)23(20,21)18-8-6-12-9-16(19)17-7-5-13(12)11-18/h2-4,10,12-13H,5-9,11H2,1H3,(H-,17,19,20,21). The first-order chi connectivity index (χ1) is 11.0. The molecule has 2 aliphatic heterocycles. The third kappa shape index (κ3) is 3.41. The first-order valence-electron chi connectivity index (χ1n) is 7.91. The maximum absolute atomic E-state index is 12.9. The predicted molar refractivity (Wildman–Crippen MR) is 85.5 cm³/mol. The molecule has 2 heterocycles. The number of nitrogens with one attached hydrogen (secondary N) is 1. The van der Waals surface area contributed by atoms with Gasteiger partial charge in [-0.2, -0.15) is 0 Å². The van der Waals surface area contributed by atoms with Gasteiger partial charge >= 0.3 is 0 Å². The zero-order chi connectivity index (χ0) is 16.4. The van der Waals surface area contributed by atoms with Crippen LogP contribution in [0.5, 0.6) is 5.75 Å². The normalized spacial score (nSPS) is 28.2. The summed E-state index contributed by atoms with van der Waals surface area (Å²) in [5, 5.41) is 2.88. The zero-order valence-electron chi connectivity index (χ0n) is 13.2. The fourth-order valence-electron chi connectivity index (χ4n) is 3.48. The molecule has 1 amide bonds. The van der Waals surface area contributed by atoms with Gasteiger partial charge < -0.3 is 14.6 Å². The van der Waals surface area contributed by atoms with Crippen LogP contribution in [0.4, 0.5) is 0 Å². The van der Waals surface area contributed by atoms with Crippen LogP contribution < -0.4 is 10.1 Å². The number of rotatable bonds is 3. The van der Waals surface area contributed by atoms with E-state index in [1.54, 1.807) is 28.6 Å². The third-order valence-electron chi connectivity index (χ3n) is 4.82. The number of piperidine rings is 1. The summed E-state index contributed by atoms with van der Waals surface area (Å²) in [5.41, 5.74) is 0. The largest absolute Gasteiger partial charge is 0.593 e. The lowest BCUT2D eigenvalue weighted by molar-refractivity contribution is -0.121. The second-order valence-electron chi connectivity index (χ2n) is 6.19. The highest BCUT2D eigenvalue weighted by molar-refractivity contribution is 7.95. The number of methoxy groups -OCH3 is 1. The van der Waals surface area contributed by atoms with Crippen molar-refractivity contribution in [1.29, 1.82) is 0 Å². The number of ether oxygens (including phenoxy) is 1. The Balaban J connectivity index is 1.78. The van der Waals surface area contributed by atoms with E-state index in [9.17, 15) is 13.6 Å². The molecule has 2 fully saturated rings. The highest BCUT2D eigenvalue weighted by Crippen LogP contribution is 2.35. The average Bonchev–Trinajstić information content (AvgIpc) is 2.74. The van der Waals surface area contributed by atoms with E-state index in [1.165, 1.54) is 7.11 Å². The minimum absolute atomic E-state index is 0.0848. The first-order valence-corrected chi connectivity index (χ1v) is 9.35. The Hall–Kier alpha value is -1.44. The van der Waals surface area contributed by atoms with Gasteiger partial charge in [0.15, 0.2) is 15.3 Å². The molecule has 0 saturated carbocycles. The molecule has 1 aromatic rings. The smallest absolute Gasteiger partial charge is 0.220 e. The lowest BCUT2D eigenvalue weighted by Crippen LogP contribution is -2.46. The van der Waals surface area contributed by atoms with E-state index in [-0.39, 0.29) is 22.6 Å². The molecule has 1 N–H and O–H groups in total. The van der Waals surface area contributed by atoms with Crippen LogP contribution in [-0.2, 0) is 19.4 Å². The number of fused-ring (bicyclic) bond motifs is 1. The van der Waals surface area contributed by atoms with Crippen molar-refractivity contribution in [2.24, 2.45) is 11.8 Å². The lowest BCUT2D eigenvalue weighted by Gasteiger charge is -2.38. The highest BCUT2D eigenvalue weighted by Gasteiger charge is 2.40. The average molecular weight is 338 g/mol. The highest BCUT2D eigenvalue weighted by atomic mass is 32.3. The summed E-state index contributed by atoms with van der Waals surface area (Å²) in [6.07, 6.45) is 2.08. The molecule has 3 atom stereocenters. The van der Waals surface area contributed by atoms with Crippen LogP contribution in [0.15, 0.2) is 29.2 Å². The monoisotopic (exact) mass is 338 g/mol. The van der Waals surface area contributed by atoms with E-state index >= 15 is 0 Å². The molecule has 0 aliphatic carbocycles. The van der Waals surface area contributed by atoms with Gasteiger partial charge in [-0.15, -0.1) is 4.31 Å². The maximum Gasteiger partial charge on any atom is 0.220 e. The summed E-state index contributed by atoms with van der Waals surface area (Å²) in [4.78, 5) is 11.9. The Morgan fingerprint density at radius 2 is 2.17 bits per heavy atom. The Kier molecular flexibility index (Phi) is 4.70. The molecule has 3 unspecified atom stereocenters. The number of carbonyl (C=O) groups is 1. The predicted octanol–water partition coefficient (Wildman–Crippen LogP) is 1.45. The molecule has 126 valence electrons. The number of sulfonamides is 1. The van der Waals surface area contributed by atoms with Crippen molar-refractivity contribution >= 4 is 16.3 Å². The molecule has 1 aromatic carbocycles. The molecule has 7 heteroatoms. The first kappa shape index (κ1) is 16.4. The van der Waals surface area contributed by atoms with Crippen molar-refractivity contribution < 1.29 is 18.3 Å². The van der Waals surface area contributed by atoms with Gasteiger partial charge in [-0.3, -0.25) is 4.79 Å². The van der Waals surface area contributed by atoms with E-state index in [2.05, 4.69) is 5.32 Å². The number of carbonyl (C=O) groups excluding carboxylic acids is 1. The van der Waals surface area contributed by atoms with Crippen molar-refractivity contribution in [2.45, 2.75) is 24.2 Å². The fraction of sp³-hybridized carbons (Fsp3) is 0.562. The Labute approximate surface area is 137 Å². The summed E-state index contributed by atoms with van der Waals surface area (Å²) < 4.78 is 32.4. The van der Waals surface area contributed by atoms with Crippen LogP contribution in [0.2, 0.25) is 0 Å². The van der Waals surface area contributed by atoms with E-state index < -0.39 is 10.4 Å². The van der Waals surface area contributed by atoms with Crippen molar-refractivity contribution in [1.82, 2.24) is 9.62 Å². The van der Waals surface area contributed by atoms with E-state index in [1.807, 2.05) is 0 Å². The molecule has 0 bridgehead atoms. The second-order valence-corrected chi connectivity index (χ2v) is 8.13. The van der Waals surface area contributed by atoms with E-state index in [0.29, 0.717) is 31.8 Å². The van der Waals surface area contributed by atoms with Crippen molar-refractivity contribution in [2.75, 3.05) is 26.7 Å². The number of hydrogen-bond donors (Lipinski definition) is 1. The summed E-state index contributed by atoms with van der Waals surface area (Å²) in [6.45, 7) is 1.58. The molecule has 6 nitrogen and oxygen atoms in total. The molecule has 0 spiro atoms. The van der Waals surface area contributed by atoms with Crippen LogP contribution in [-0.4, -0.2) is 41.5 Å². The summed E-state index contributed by atoms with van der Waals surface area (Å²) in [7, 11) is -2.00. The van der Waals surface area contributed by atoms with Crippen LogP contribution in [0.1, 0.15) is 19.3 Å². The summed E-state index contributed by atoms with van der Waals surface area (Å²) in [5.74, 6) is 1.14. The SMILES string of the molecule is COc1cccc([S+](=O)([O-])N2CCC3CC(=O)NCCC3C2)c1. The van der Waals surface area contributed by atoms with Gasteiger partial charge in [0.1, 0.15) is 5.75 Å². The number of hydrogen-bond acceptors (Lipinski definition) is 4. The quantitative estimate of drug-likeness (QED) is 0.846. The van der Waals surface area contributed by atoms with Crippen molar-refractivity contribution in [3.63, 3.8) is 0 Å². The van der Waals surface area contributed by atoms with Crippen LogP contribution >= 0.6 is 0 Å². The van der Waals surface area contributed by atoms with Gasteiger partial charge in [-0.05, 0) is 36.8 Å². The summed E-state index contributed by atoms with van der Waals surface area (Å²) in [6, 6.07) is 6.57. The molecular formula is C16H22N2O4S. The number of nitrogens with zero attached hydrogens (tertiary/aromatic N) is 1. The molecular weight excluding hydrogens is 316 g/mol. The van der Waals surface area contributed by atoms with Crippen molar-refractivity contribution in [3.05, 3.63) is 24.3 Å². The van der Waals surface area contributed by atoms with Gasteiger partial charge in [0.2, 0.25) is 5.91 Å². The minimum Gasteiger partial charge on any atom is -0.593 e. The summed E-state index contributed by atoms with van der Waals surface area (Å²) >= 11 is 0. The molecule has 0 radical (unpaired) electrons. The van der Waals surface area contributed by atoms with Crippen LogP contribution in [0.3, 0.4) is 0 Å². The fourth-order valence-corrected chi connectivity index (χ4v) is 5.03. The van der Waals surface area contributed by atoms with E-state index in [4.69, 9.17) is 4.74 Å². The minimum atomic E-state index is -3.52. The van der Waals surface area contributed by atoms with Crippen LogP contribution in [0.25, 0.3) is 0 Å². The lowest BCUT2D eigenvalue weighted by atomic mass is 9.83. The van der Waals surface area contributed by atoms with E-state index in [0.717, 1.165) is 12.8 Å². The zero-order valence-corrected chi connectivity index (χ0v) is 14.0.